The van der Waals surface area contributed by atoms with Gasteiger partial charge in [0.25, 0.3) is 0 Å². The van der Waals surface area contributed by atoms with Crippen molar-refractivity contribution in [2.24, 2.45) is 5.41 Å². The van der Waals surface area contributed by atoms with Gasteiger partial charge in [0.05, 0.1) is 5.57 Å². The number of aliphatic carboxylic acids is 4. The first-order valence-electron chi connectivity index (χ1n) is 4.92. The van der Waals surface area contributed by atoms with Gasteiger partial charge in [-0.1, -0.05) is 0 Å². The Morgan fingerprint density at radius 2 is 1.39 bits per heavy atom. The molecule has 4 N–H and O–H groups in total. The number of carboxylic acids is 4. The molecule has 0 radical (unpaired) electrons. The Balaban J connectivity index is 3.65. The highest BCUT2D eigenvalue weighted by Crippen LogP contribution is 2.42. The Morgan fingerprint density at radius 3 is 1.72 bits per heavy atom. The maximum atomic E-state index is 11.1. The van der Waals surface area contributed by atoms with Crippen molar-refractivity contribution >= 4 is 23.9 Å². The quantitative estimate of drug-likeness (QED) is 0.506. The molecule has 0 amide bonds. The number of carboxylic acid groups (broad SMARTS) is 4. The molecule has 0 aliphatic heterocycles. The number of carbonyl (C=O) groups is 4. The van der Waals surface area contributed by atoms with E-state index in [2.05, 4.69) is 0 Å². The third-order valence-corrected chi connectivity index (χ3v) is 2.91. The van der Waals surface area contributed by atoms with Crippen LogP contribution in [-0.2, 0) is 19.2 Å². The van der Waals surface area contributed by atoms with Crippen LogP contribution < -0.4 is 0 Å². The minimum Gasteiger partial charge on any atom is -0.480 e. The van der Waals surface area contributed by atoms with Crippen LogP contribution in [0.25, 0.3) is 0 Å². The standard InChI is InChI=1S/C10H10O8/c11-6(12)4-2-1-3-10(8(15)16,9(17)18)5(4)7(13)14/h1-3H2,(H,11,12)(H,13,14)(H,15,16)(H,17,18). The van der Waals surface area contributed by atoms with Crippen molar-refractivity contribution in [3.05, 3.63) is 11.1 Å². The Hall–Kier alpha value is -2.38. The van der Waals surface area contributed by atoms with E-state index in [0.29, 0.717) is 0 Å². The molecule has 0 heterocycles. The summed E-state index contributed by atoms with van der Waals surface area (Å²) in [5.41, 5.74) is -4.43. The van der Waals surface area contributed by atoms with E-state index in [9.17, 15) is 19.2 Å². The van der Waals surface area contributed by atoms with Gasteiger partial charge < -0.3 is 20.4 Å². The molecule has 1 aliphatic rings. The van der Waals surface area contributed by atoms with Crippen LogP contribution in [0.4, 0.5) is 0 Å². The summed E-state index contributed by atoms with van der Waals surface area (Å²) >= 11 is 0. The monoisotopic (exact) mass is 258 g/mol. The molecular weight excluding hydrogens is 248 g/mol. The van der Waals surface area contributed by atoms with Gasteiger partial charge in [-0.15, -0.1) is 0 Å². The molecule has 0 spiro atoms. The van der Waals surface area contributed by atoms with Gasteiger partial charge in [-0.05, 0) is 19.3 Å². The summed E-state index contributed by atoms with van der Waals surface area (Å²) < 4.78 is 0. The number of hydrogen-bond acceptors (Lipinski definition) is 4. The van der Waals surface area contributed by atoms with Crippen LogP contribution in [0.1, 0.15) is 19.3 Å². The lowest BCUT2D eigenvalue weighted by atomic mass is 9.69. The molecule has 0 aromatic heterocycles. The maximum Gasteiger partial charge on any atom is 0.333 e. The second-order valence-corrected chi connectivity index (χ2v) is 3.83. The van der Waals surface area contributed by atoms with E-state index in [-0.39, 0.29) is 12.8 Å². The summed E-state index contributed by atoms with van der Waals surface area (Å²) in [6.45, 7) is 0. The summed E-state index contributed by atoms with van der Waals surface area (Å²) in [6.07, 6.45) is -0.633. The lowest BCUT2D eigenvalue weighted by Gasteiger charge is -2.30. The van der Waals surface area contributed by atoms with Crippen LogP contribution in [0, 0.1) is 5.41 Å². The maximum absolute atomic E-state index is 11.1. The predicted molar refractivity (Wildman–Crippen MR) is 53.9 cm³/mol. The highest BCUT2D eigenvalue weighted by atomic mass is 16.4. The summed E-state index contributed by atoms with van der Waals surface area (Å²) in [5, 5.41) is 35.8. The van der Waals surface area contributed by atoms with E-state index >= 15 is 0 Å². The normalized spacial score (nSPS) is 18.2. The topological polar surface area (TPSA) is 149 Å². The summed E-state index contributed by atoms with van der Waals surface area (Å²) in [6, 6.07) is 0. The third-order valence-electron chi connectivity index (χ3n) is 2.91. The van der Waals surface area contributed by atoms with Crippen LogP contribution in [0.2, 0.25) is 0 Å². The Kier molecular flexibility index (Phi) is 3.40. The van der Waals surface area contributed by atoms with Crippen molar-refractivity contribution < 1.29 is 39.6 Å². The average molecular weight is 258 g/mol. The Labute approximate surface area is 100 Å². The largest absolute Gasteiger partial charge is 0.480 e. The SMILES string of the molecule is O=C(O)C1=C(C(=O)O)C(C(=O)O)(C(=O)O)CCC1. The van der Waals surface area contributed by atoms with E-state index in [1.807, 2.05) is 0 Å². The smallest absolute Gasteiger partial charge is 0.333 e. The molecule has 98 valence electrons. The molecule has 0 aromatic rings. The fourth-order valence-corrected chi connectivity index (χ4v) is 2.08. The van der Waals surface area contributed by atoms with Crippen LogP contribution >= 0.6 is 0 Å². The Morgan fingerprint density at radius 1 is 0.889 bits per heavy atom. The zero-order valence-electron chi connectivity index (χ0n) is 9.04. The minimum absolute atomic E-state index is 0.0169. The van der Waals surface area contributed by atoms with Crippen molar-refractivity contribution in [2.45, 2.75) is 19.3 Å². The fraction of sp³-hybridized carbons (Fsp3) is 0.400. The van der Waals surface area contributed by atoms with Gasteiger partial charge in [0.1, 0.15) is 0 Å². The van der Waals surface area contributed by atoms with Gasteiger partial charge >= 0.3 is 23.9 Å². The highest BCUT2D eigenvalue weighted by Gasteiger charge is 2.56. The van der Waals surface area contributed by atoms with Crippen LogP contribution in [0.15, 0.2) is 11.1 Å². The van der Waals surface area contributed by atoms with Crippen LogP contribution in [0.3, 0.4) is 0 Å². The lowest BCUT2D eigenvalue weighted by molar-refractivity contribution is -0.165. The number of rotatable bonds is 4. The predicted octanol–water partition coefficient (Wildman–Crippen LogP) is -0.208. The molecule has 1 rings (SSSR count). The van der Waals surface area contributed by atoms with E-state index in [4.69, 9.17) is 20.4 Å². The Bertz CT molecular complexity index is 458. The van der Waals surface area contributed by atoms with E-state index < -0.39 is 46.9 Å². The molecular formula is C10H10O8. The molecule has 0 saturated carbocycles. The molecule has 1 aliphatic carbocycles. The molecule has 18 heavy (non-hydrogen) atoms. The molecule has 0 atom stereocenters. The van der Waals surface area contributed by atoms with Gasteiger partial charge in [0, 0.05) is 5.57 Å². The summed E-state index contributed by atoms with van der Waals surface area (Å²) in [5.74, 6) is -7.19. The van der Waals surface area contributed by atoms with Gasteiger partial charge in [0.2, 0.25) is 0 Å². The van der Waals surface area contributed by atoms with Crippen LogP contribution in [0.5, 0.6) is 0 Å². The fourth-order valence-electron chi connectivity index (χ4n) is 2.08. The van der Waals surface area contributed by atoms with Crippen molar-refractivity contribution in [2.75, 3.05) is 0 Å². The molecule has 0 bridgehead atoms. The summed E-state index contributed by atoms with van der Waals surface area (Å²) in [7, 11) is 0. The molecule has 0 fully saturated rings. The van der Waals surface area contributed by atoms with Gasteiger partial charge in [-0.25, -0.2) is 9.59 Å². The zero-order valence-corrected chi connectivity index (χ0v) is 9.04. The van der Waals surface area contributed by atoms with Crippen molar-refractivity contribution in [1.29, 1.82) is 0 Å². The van der Waals surface area contributed by atoms with E-state index in [1.165, 1.54) is 0 Å². The van der Waals surface area contributed by atoms with Crippen LogP contribution in [-0.4, -0.2) is 44.3 Å². The second-order valence-electron chi connectivity index (χ2n) is 3.83. The third kappa shape index (κ3) is 1.81. The minimum atomic E-state index is -2.70. The van der Waals surface area contributed by atoms with Crippen molar-refractivity contribution in [3.63, 3.8) is 0 Å². The molecule has 8 nitrogen and oxygen atoms in total. The van der Waals surface area contributed by atoms with E-state index in [1.54, 1.807) is 0 Å². The summed E-state index contributed by atoms with van der Waals surface area (Å²) in [4.78, 5) is 44.2. The zero-order chi connectivity index (χ0) is 14.1. The average Bonchev–Trinajstić information content (AvgIpc) is 2.26. The molecule has 0 saturated heterocycles. The van der Waals surface area contributed by atoms with Crippen molar-refractivity contribution in [3.8, 4) is 0 Å². The highest BCUT2D eigenvalue weighted by molar-refractivity contribution is 6.13. The van der Waals surface area contributed by atoms with Gasteiger partial charge in [-0.3, -0.25) is 9.59 Å². The number of hydrogen-bond donors (Lipinski definition) is 4. The van der Waals surface area contributed by atoms with Crippen molar-refractivity contribution in [1.82, 2.24) is 0 Å². The lowest BCUT2D eigenvalue weighted by Crippen LogP contribution is -2.46. The molecule has 0 aromatic carbocycles. The second kappa shape index (κ2) is 4.47. The first-order chi connectivity index (χ1) is 8.25. The van der Waals surface area contributed by atoms with Gasteiger partial charge in [-0.2, -0.15) is 0 Å². The molecule has 8 heteroatoms. The van der Waals surface area contributed by atoms with E-state index in [0.717, 1.165) is 0 Å². The first-order valence-corrected chi connectivity index (χ1v) is 4.92. The van der Waals surface area contributed by atoms with Gasteiger partial charge in [0.15, 0.2) is 5.41 Å². The molecule has 0 unspecified atom stereocenters. The first kappa shape index (κ1) is 13.7.